The minimum atomic E-state index is 0. The standard InChI is InChI=1S/C17H23N5.HI/c1-2-18-17(19-12-14-4-5-14)20-13-15-6-8-16(9-7-15)22-11-3-10-21-22;/h3,6-11,14H,2,4-5,12-13H2,1H3,(H2,18,19,20);1H. The van der Waals surface area contributed by atoms with Crippen molar-refractivity contribution in [2.45, 2.75) is 26.3 Å². The smallest absolute Gasteiger partial charge is 0.191 e. The van der Waals surface area contributed by atoms with Gasteiger partial charge in [0.2, 0.25) is 0 Å². The lowest BCUT2D eigenvalue weighted by atomic mass is 10.2. The maximum Gasteiger partial charge on any atom is 0.191 e. The summed E-state index contributed by atoms with van der Waals surface area (Å²) in [7, 11) is 0. The van der Waals surface area contributed by atoms with Crippen molar-refractivity contribution in [2.24, 2.45) is 10.9 Å². The van der Waals surface area contributed by atoms with Gasteiger partial charge in [-0.1, -0.05) is 12.1 Å². The van der Waals surface area contributed by atoms with Gasteiger partial charge in [0.05, 0.1) is 12.2 Å². The maximum absolute atomic E-state index is 4.65. The molecule has 1 aromatic heterocycles. The quantitative estimate of drug-likeness (QED) is 0.425. The van der Waals surface area contributed by atoms with E-state index in [0.717, 1.165) is 30.7 Å². The molecule has 1 aromatic carbocycles. The molecular formula is C17H24IN5. The van der Waals surface area contributed by atoms with Gasteiger partial charge in [0, 0.05) is 25.5 Å². The lowest BCUT2D eigenvalue weighted by Gasteiger charge is -2.10. The molecule has 0 unspecified atom stereocenters. The van der Waals surface area contributed by atoms with Crippen LogP contribution in [0, 0.1) is 5.92 Å². The molecule has 0 aliphatic heterocycles. The number of nitrogens with zero attached hydrogens (tertiary/aromatic N) is 3. The van der Waals surface area contributed by atoms with Crippen molar-refractivity contribution < 1.29 is 0 Å². The number of aliphatic imine (C=N–C) groups is 1. The summed E-state index contributed by atoms with van der Waals surface area (Å²) >= 11 is 0. The van der Waals surface area contributed by atoms with Gasteiger partial charge in [-0.15, -0.1) is 24.0 Å². The van der Waals surface area contributed by atoms with E-state index in [-0.39, 0.29) is 24.0 Å². The fourth-order valence-electron chi connectivity index (χ4n) is 2.25. The Morgan fingerprint density at radius 3 is 2.65 bits per heavy atom. The number of hydrogen-bond acceptors (Lipinski definition) is 2. The van der Waals surface area contributed by atoms with Crippen LogP contribution in [0.15, 0.2) is 47.7 Å². The van der Waals surface area contributed by atoms with Crippen LogP contribution in [0.2, 0.25) is 0 Å². The molecule has 0 atom stereocenters. The van der Waals surface area contributed by atoms with Crippen LogP contribution in [0.5, 0.6) is 0 Å². The lowest BCUT2D eigenvalue weighted by Crippen LogP contribution is -2.38. The summed E-state index contributed by atoms with van der Waals surface area (Å²) in [6.45, 7) is 4.69. The first kappa shape index (κ1) is 17.8. The van der Waals surface area contributed by atoms with E-state index in [1.54, 1.807) is 6.20 Å². The van der Waals surface area contributed by atoms with Crippen LogP contribution in [-0.2, 0) is 6.54 Å². The Morgan fingerprint density at radius 1 is 1.26 bits per heavy atom. The lowest BCUT2D eigenvalue weighted by molar-refractivity contribution is 0.739. The molecule has 2 N–H and O–H groups in total. The van der Waals surface area contributed by atoms with Crippen molar-refractivity contribution in [2.75, 3.05) is 13.1 Å². The maximum atomic E-state index is 4.65. The summed E-state index contributed by atoms with van der Waals surface area (Å²) in [5.41, 5.74) is 2.26. The summed E-state index contributed by atoms with van der Waals surface area (Å²) < 4.78 is 1.86. The largest absolute Gasteiger partial charge is 0.357 e. The van der Waals surface area contributed by atoms with Gasteiger partial charge in [-0.3, -0.25) is 0 Å². The van der Waals surface area contributed by atoms with E-state index in [4.69, 9.17) is 0 Å². The Morgan fingerprint density at radius 2 is 2.04 bits per heavy atom. The molecule has 23 heavy (non-hydrogen) atoms. The highest BCUT2D eigenvalue weighted by Crippen LogP contribution is 2.27. The van der Waals surface area contributed by atoms with Gasteiger partial charge >= 0.3 is 0 Å². The molecule has 1 fully saturated rings. The van der Waals surface area contributed by atoms with Gasteiger partial charge in [0.1, 0.15) is 0 Å². The third-order valence-corrected chi connectivity index (χ3v) is 3.72. The zero-order valence-corrected chi connectivity index (χ0v) is 15.7. The van der Waals surface area contributed by atoms with Crippen LogP contribution < -0.4 is 10.6 Å². The van der Waals surface area contributed by atoms with Crippen LogP contribution in [0.25, 0.3) is 5.69 Å². The molecule has 1 heterocycles. The highest BCUT2D eigenvalue weighted by Gasteiger charge is 2.20. The third kappa shape index (κ3) is 5.53. The summed E-state index contributed by atoms with van der Waals surface area (Å²) in [6, 6.07) is 10.3. The Balaban J connectivity index is 0.00000192. The van der Waals surface area contributed by atoms with Crippen molar-refractivity contribution in [1.29, 1.82) is 0 Å². The van der Waals surface area contributed by atoms with Gasteiger partial charge in [-0.05, 0) is 49.4 Å². The summed E-state index contributed by atoms with van der Waals surface area (Å²) in [5.74, 6) is 1.75. The van der Waals surface area contributed by atoms with Crippen LogP contribution in [-0.4, -0.2) is 28.8 Å². The molecule has 3 rings (SSSR count). The summed E-state index contributed by atoms with van der Waals surface area (Å²) in [6.07, 6.45) is 6.42. The van der Waals surface area contributed by atoms with Crippen molar-refractivity contribution in [3.8, 4) is 5.69 Å². The number of guanidine groups is 1. The molecule has 0 bridgehead atoms. The van der Waals surface area contributed by atoms with E-state index in [1.165, 1.54) is 18.4 Å². The van der Waals surface area contributed by atoms with E-state index in [2.05, 4.69) is 51.9 Å². The van der Waals surface area contributed by atoms with Crippen LogP contribution in [0.1, 0.15) is 25.3 Å². The van der Waals surface area contributed by atoms with Gasteiger partial charge < -0.3 is 10.6 Å². The number of rotatable bonds is 6. The van der Waals surface area contributed by atoms with Gasteiger partial charge in [-0.25, -0.2) is 9.67 Å². The minimum absolute atomic E-state index is 0. The van der Waals surface area contributed by atoms with Gasteiger partial charge in [0.25, 0.3) is 0 Å². The van der Waals surface area contributed by atoms with E-state index in [0.29, 0.717) is 6.54 Å². The molecule has 6 heteroatoms. The van der Waals surface area contributed by atoms with Crippen LogP contribution >= 0.6 is 24.0 Å². The third-order valence-electron chi connectivity index (χ3n) is 3.72. The highest BCUT2D eigenvalue weighted by molar-refractivity contribution is 14.0. The zero-order chi connectivity index (χ0) is 15.2. The second-order valence-corrected chi connectivity index (χ2v) is 5.64. The molecule has 0 amide bonds. The molecule has 2 aromatic rings. The molecule has 1 aliphatic carbocycles. The fourth-order valence-corrected chi connectivity index (χ4v) is 2.25. The SMILES string of the molecule is CCNC(=NCc1ccc(-n2cccn2)cc1)NCC1CC1.I. The van der Waals surface area contributed by atoms with E-state index in [9.17, 15) is 0 Å². The Bertz CT molecular complexity index is 602. The van der Waals surface area contributed by atoms with Crippen molar-refractivity contribution in [1.82, 2.24) is 20.4 Å². The number of halogens is 1. The Hall–Kier alpha value is -1.57. The minimum Gasteiger partial charge on any atom is -0.357 e. The molecule has 124 valence electrons. The van der Waals surface area contributed by atoms with Crippen LogP contribution in [0.3, 0.4) is 0 Å². The predicted octanol–water partition coefficient (Wildman–Crippen LogP) is 2.96. The Labute approximate surface area is 154 Å². The van der Waals surface area contributed by atoms with Crippen LogP contribution in [0.4, 0.5) is 0 Å². The second-order valence-electron chi connectivity index (χ2n) is 5.64. The fraction of sp³-hybridized carbons (Fsp3) is 0.412. The number of aromatic nitrogens is 2. The molecule has 0 spiro atoms. The normalized spacial score (nSPS) is 14.2. The van der Waals surface area contributed by atoms with E-state index >= 15 is 0 Å². The zero-order valence-electron chi connectivity index (χ0n) is 13.4. The average Bonchev–Trinajstić information content (AvgIpc) is 3.22. The first-order valence-electron chi connectivity index (χ1n) is 7.96. The van der Waals surface area contributed by atoms with Gasteiger partial charge in [0.15, 0.2) is 5.96 Å². The first-order chi connectivity index (χ1) is 10.8. The number of nitrogens with one attached hydrogen (secondary N) is 2. The topological polar surface area (TPSA) is 54.2 Å². The monoisotopic (exact) mass is 425 g/mol. The summed E-state index contributed by atoms with van der Waals surface area (Å²) in [5, 5.41) is 10.9. The number of benzene rings is 1. The van der Waals surface area contributed by atoms with Crippen molar-refractivity contribution in [3.63, 3.8) is 0 Å². The average molecular weight is 425 g/mol. The Kier molecular flexibility index (Phi) is 6.88. The molecule has 0 saturated heterocycles. The van der Waals surface area contributed by atoms with Crippen molar-refractivity contribution in [3.05, 3.63) is 48.3 Å². The highest BCUT2D eigenvalue weighted by atomic mass is 127. The molecule has 5 nitrogen and oxygen atoms in total. The second kappa shape index (κ2) is 8.90. The predicted molar refractivity (Wildman–Crippen MR) is 105 cm³/mol. The van der Waals surface area contributed by atoms with Crippen molar-refractivity contribution >= 4 is 29.9 Å². The molecule has 1 aliphatic rings. The van der Waals surface area contributed by atoms with E-state index < -0.39 is 0 Å². The first-order valence-corrected chi connectivity index (χ1v) is 7.96. The van der Waals surface area contributed by atoms with Gasteiger partial charge in [-0.2, -0.15) is 5.10 Å². The molecular weight excluding hydrogens is 401 g/mol. The van der Waals surface area contributed by atoms with E-state index in [1.807, 2.05) is 16.9 Å². The number of hydrogen-bond donors (Lipinski definition) is 2. The molecule has 0 radical (unpaired) electrons. The molecule has 1 saturated carbocycles. The summed E-state index contributed by atoms with van der Waals surface area (Å²) in [4.78, 5) is 4.65.